The lowest BCUT2D eigenvalue weighted by Crippen LogP contribution is -2.61. The highest BCUT2D eigenvalue weighted by Crippen LogP contribution is 2.53. The number of H-pyrrole nitrogens is 2. The van der Waals surface area contributed by atoms with E-state index in [9.17, 15) is 28.8 Å². The van der Waals surface area contributed by atoms with E-state index in [1.165, 1.54) is 0 Å². The largest absolute Gasteiger partial charge is 0.497 e. The summed E-state index contributed by atoms with van der Waals surface area (Å²) in [5.74, 6) is -7.11. The number of carbonyl (C=O) groups is 6. The molecule has 6 saturated carbocycles. The fourth-order valence-corrected chi connectivity index (χ4v) is 11.6. The number of fused-ring (bicyclic) bond motifs is 8. The number of methoxy groups -OCH3 is 2. The van der Waals surface area contributed by atoms with Crippen molar-refractivity contribution in [2.45, 2.75) is 63.6 Å². The van der Waals surface area contributed by atoms with Crippen molar-refractivity contribution in [3.05, 3.63) is 59.9 Å². The SMILES string of the molecule is COc1ccc2[nH]cc(C(=O)OC3CC4CCC3C(C(=O)NC(=O)C3C5CCC(CC5OC(=O)c5c[nH]c6ccc(OC)cc56)C3C(=O)NCCCN(C)C)C4C(=O)NCCCN(C)C)c2c1. The summed E-state index contributed by atoms with van der Waals surface area (Å²) in [6.45, 7) is 2.33. The van der Waals surface area contributed by atoms with E-state index in [1.807, 2.05) is 50.1 Å². The summed E-state index contributed by atoms with van der Waals surface area (Å²) in [5, 5.41) is 10.1. The van der Waals surface area contributed by atoms with Crippen molar-refractivity contribution in [2.24, 2.45) is 47.3 Å². The second-order valence-corrected chi connectivity index (χ2v) is 19.4. The molecule has 0 spiro atoms. The summed E-state index contributed by atoms with van der Waals surface area (Å²) in [6, 6.07) is 10.7. The highest BCUT2D eigenvalue weighted by Gasteiger charge is 2.58. The van der Waals surface area contributed by atoms with E-state index in [4.69, 9.17) is 18.9 Å². The molecule has 10 unspecified atom stereocenters. The highest BCUT2D eigenvalue weighted by atomic mass is 16.5. The lowest BCUT2D eigenvalue weighted by molar-refractivity contribution is -0.162. The zero-order chi connectivity index (χ0) is 47.5. The minimum atomic E-state index is -1.00. The number of aromatic amines is 2. The smallest absolute Gasteiger partial charge is 0.340 e. The number of hydrogen-bond acceptors (Lipinski definition) is 12. The minimum absolute atomic E-state index is 0.275. The van der Waals surface area contributed by atoms with Gasteiger partial charge in [0.2, 0.25) is 23.6 Å². The van der Waals surface area contributed by atoms with E-state index < -0.39 is 71.5 Å². The van der Waals surface area contributed by atoms with Crippen LogP contribution in [0.4, 0.5) is 0 Å². The number of esters is 2. The lowest BCUT2D eigenvalue weighted by Gasteiger charge is -2.51. The first kappa shape index (κ1) is 47.5. The van der Waals surface area contributed by atoms with Crippen LogP contribution in [0.15, 0.2) is 48.8 Å². The van der Waals surface area contributed by atoms with Crippen LogP contribution < -0.4 is 25.4 Å². The van der Waals surface area contributed by atoms with Crippen molar-refractivity contribution in [2.75, 3.05) is 68.6 Å². The van der Waals surface area contributed by atoms with Crippen molar-refractivity contribution in [1.29, 1.82) is 0 Å². The van der Waals surface area contributed by atoms with E-state index in [-0.39, 0.29) is 23.7 Å². The molecule has 0 saturated heterocycles. The molecule has 10 atom stereocenters. The molecule has 67 heavy (non-hydrogen) atoms. The molecular formula is C50H65N7O10. The first-order valence-electron chi connectivity index (χ1n) is 23.7. The Morgan fingerprint density at radius 3 is 1.39 bits per heavy atom. The molecule has 6 fully saturated rings. The van der Waals surface area contributed by atoms with E-state index in [1.54, 1.807) is 50.9 Å². The summed E-state index contributed by atoms with van der Waals surface area (Å²) in [6.07, 6.45) is 6.25. The number of nitrogens with one attached hydrogen (secondary N) is 5. The van der Waals surface area contributed by atoms with Crippen LogP contribution in [0.25, 0.3) is 21.8 Å². The van der Waals surface area contributed by atoms with E-state index >= 15 is 0 Å². The Balaban J connectivity index is 1.05. The topological polar surface area (TPSA) is 213 Å². The first-order chi connectivity index (χ1) is 32.3. The van der Waals surface area contributed by atoms with Crippen molar-refractivity contribution in [3.63, 3.8) is 0 Å². The Labute approximate surface area is 390 Å². The molecular weight excluding hydrogens is 859 g/mol. The van der Waals surface area contributed by atoms with Crippen molar-refractivity contribution in [3.8, 4) is 11.5 Å². The summed E-state index contributed by atoms with van der Waals surface area (Å²) >= 11 is 0. The number of hydrogen-bond donors (Lipinski definition) is 5. The van der Waals surface area contributed by atoms with Crippen LogP contribution in [0.1, 0.15) is 72.1 Å². The number of ether oxygens (including phenoxy) is 4. The fraction of sp³-hybridized carbons (Fsp3) is 0.560. The standard InChI is InChI=1S/C50H65N7O10/c1-56(2)19-7-17-51-45(58)41-27-9-13-31(39(21-27)66-49(62)35-25-53-37-15-11-29(64-5)23-33(35)37)43(41)47(60)55-48(61)44-32-14-10-28(42(44)46(59)52-18-8-20-57(3)4)22-40(32)67-50(63)36-26-54-38-16-12-30(65-6)24-34(36)38/h11-12,15-16,23-28,31-32,39-44,53-54H,7-10,13-14,17-22H2,1-6H3,(H,51,58)(H,52,59)(H,55,60,61). The van der Waals surface area contributed by atoms with Crippen molar-refractivity contribution < 1.29 is 47.7 Å². The van der Waals surface area contributed by atoms with Gasteiger partial charge in [-0.3, -0.25) is 24.5 Å². The molecule has 0 radical (unpaired) electrons. The zero-order valence-corrected chi connectivity index (χ0v) is 39.4. The van der Waals surface area contributed by atoms with Crippen LogP contribution >= 0.6 is 0 Å². The average molecular weight is 924 g/mol. The van der Waals surface area contributed by atoms with Gasteiger partial charge in [0, 0.05) is 59.1 Å². The normalized spacial score (nSPS) is 26.4. The lowest BCUT2D eigenvalue weighted by atomic mass is 9.56. The summed E-state index contributed by atoms with van der Waals surface area (Å²) in [4.78, 5) is 96.5. The van der Waals surface area contributed by atoms with Gasteiger partial charge >= 0.3 is 11.9 Å². The molecule has 2 aromatic carbocycles. The molecule has 17 nitrogen and oxygen atoms in total. The van der Waals surface area contributed by atoms with E-state index in [0.717, 1.165) is 24.1 Å². The Kier molecular flexibility index (Phi) is 14.6. The van der Waals surface area contributed by atoms with Crippen LogP contribution in [0, 0.1) is 47.3 Å². The number of aromatic nitrogens is 2. The third kappa shape index (κ3) is 10.0. The molecule has 0 aliphatic heterocycles. The molecule has 6 aliphatic rings. The number of amides is 4. The predicted octanol–water partition coefficient (Wildman–Crippen LogP) is 4.52. The molecule has 4 aromatic rings. The van der Waals surface area contributed by atoms with Crippen molar-refractivity contribution >= 4 is 57.4 Å². The maximum Gasteiger partial charge on any atom is 0.340 e. The maximum absolute atomic E-state index is 14.9. The molecule has 10 rings (SSSR count). The third-order valence-electron chi connectivity index (χ3n) is 14.8. The zero-order valence-electron chi connectivity index (χ0n) is 39.4. The van der Waals surface area contributed by atoms with Crippen LogP contribution in [0.3, 0.4) is 0 Å². The minimum Gasteiger partial charge on any atom is -0.497 e. The summed E-state index contributed by atoms with van der Waals surface area (Å²) in [7, 11) is 10.9. The second-order valence-electron chi connectivity index (χ2n) is 19.4. The summed E-state index contributed by atoms with van der Waals surface area (Å²) < 4.78 is 23.3. The number of carbonyl (C=O) groups excluding carboxylic acids is 6. The van der Waals surface area contributed by atoms with Gasteiger partial charge < -0.3 is 49.3 Å². The molecule has 4 bridgehead atoms. The third-order valence-corrected chi connectivity index (χ3v) is 14.8. The van der Waals surface area contributed by atoms with E-state index in [2.05, 4.69) is 25.9 Å². The van der Waals surface area contributed by atoms with Crippen LogP contribution in [-0.4, -0.2) is 136 Å². The second kappa shape index (κ2) is 20.5. The van der Waals surface area contributed by atoms with Gasteiger partial charge in [0.15, 0.2) is 0 Å². The van der Waals surface area contributed by atoms with Gasteiger partial charge in [-0.1, -0.05) is 0 Å². The molecule has 2 heterocycles. The number of rotatable bonds is 18. The van der Waals surface area contributed by atoms with Gasteiger partial charge in [-0.15, -0.1) is 0 Å². The first-order valence-corrected chi connectivity index (χ1v) is 23.7. The molecule has 2 aromatic heterocycles. The van der Waals surface area contributed by atoms with Crippen LogP contribution in [0.2, 0.25) is 0 Å². The molecule has 5 N–H and O–H groups in total. The van der Waals surface area contributed by atoms with Crippen LogP contribution in [0.5, 0.6) is 11.5 Å². The number of benzene rings is 2. The Morgan fingerprint density at radius 2 is 1.00 bits per heavy atom. The van der Waals surface area contributed by atoms with Crippen molar-refractivity contribution in [1.82, 2.24) is 35.7 Å². The van der Waals surface area contributed by atoms with Gasteiger partial charge in [0.25, 0.3) is 0 Å². The van der Waals surface area contributed by atoms with Gasteiger partial charge in [0.1, 0.15) is 23.7 Å². The highest BCUT2D eigenvalue weighted by molar-refractivity contribution is 6.06. The molecule has 4 amide bonds. The number of nitrogens with zero attached hydrogens (tertiary/aromatic N) is 2. The molecule has 6 aliphatic carbocycles. The predicted molar refractivity (Wildman–Crippen MR) is 249 cm³/mol. The van der Waals surface area contributed by atoms with Crippen LogP contribution in [-0.2, 0) is 28.7 Å². The fourth-order valence-electron chi connectivity index (χ4n) is 11.6. The van der Waals surface area contributed by atoms with Gasteiger partial charge in [-0.25, -0.2) is 9.59 Å². The average Bonchev–Trinajstić information content (AvgIpc) is 3.95. The Bertz CT molecular complexity index is 2310. The van der Waals surface area contributed by atoms with E-state index in [0.29, 0.717) is 97.9 Å². The van der Waals surface area contributed by atoms with Gasteiger partial charge in [0.05, 0.1) is 49.0 Å². The monoisotopic (exact) mass is 923 g/mol. The summed E-state index contributed by atoms with van der Waals surface area (Å²) in [5.41, 5.74) is 2.10. The molecule has 360 valence electrons. The Hall–Kier alpha value is -5.94. The Morgan fingerprint density at radius 1 is 0.582 bits per heavy atom. The quantitative estimate of drug-likeness (QED) is 0.0530. The maximum atomic E-state index is 14.9. The molecule has 17 heteroatoms. The van der Waals surface area contributed by atoms with Gasteiger partial charge in [-0.05, 0) is 141 Å². The number of imide groups is 1. The van der Waals surface area contributed by atoms with Gasteiger partial charge in [-0.2, -0.15) is 0 Å².